The van der Waals surface area contributed by atoms with Crippen LogP contribution >= 0.6 is 12.4 Å². The summed E-state index contributed by atoms with van der Waals surface area (Å²) in [6.45, 7) is 1.19. The number of hydrogen-bond acceptors (Lipinski definition) is 3. The Morgan fingerprint density at radius 3 is 2.45 bits per heavy atom. The number of amides is 1. The van der Waals surface area contributed by atoms with Gasteiger partial charge in [-0.25, -0.2) is 0 Å². The van der Waals surface area contributed by atoms with Crippen molar-refractivity contribution >= 4 is 18.3 Å². The van der Waals surface area contributed by atoms with E-state index in [-0.39, 0.29) is 30.3 Å². The maximum Gasteiger partial charge on any atom is 0.225 e. The highest BCUT2D eigenvalue weighted by Gasteiger charge is 2.48. The third-order valence-electron chi connectivity index (χ3n) is 5.08. The molecular weight excluding hydrogens is 300 g/mol. The molecule has 3 rings (SSSR count). The number of rotatable bonds is 5. The summed E-state index contributed by atoms with van der Waals surface area (Å²) < 4.78 is 5.09. The molecule has 5 heteroatoms. The van der Waals surface area contributed by atoms with Gasteiger partial charge in [-0.1, -0.05) is 24.3 Å². The summed E-state index contributed by atoms with van der Waals surface area (Å²) in [5.41, 5.74) is 8.46. The molecule has 4 nitrogen and oxygen atoms in total. The average Bonchev–Trinajstić information content (AvgIpc) is 3.07. The van der Waals surface area contributed by atoms with Crippen LogP contribution in [0.25, 0.3) is 0 Å². The lowest BCUT2D eigenvalue weighted by atomic mass is 9.84. The van der Waals surface area contributed by atoms with Crippen molar-refractivity contribution < 1.29 is 9.53 Å². The molecule has 0 aliphatic heterocycles. The maximum absolute atomic E-state index is 12.4. The van der Waals surface area contributed by atoms with Crippen molar-refractivity contribution in [2.45, 2.75) is 38.5 Å². The molecule has 0 aromatic heterocycles. The largest absolute Gasteiger partial charge is 0.380 e. The van der Waals surface area contributed by atoms with Gasteiger partial charge in [0.25, 0.3) is 0 Å². The van der Waals surface area contributed by atoms with Crippen molar-refractivity contribution in [2.24, 2.45) is 23.5 Å². The minimum Gasteiger partial charge on any atom is -0.380 e. The van der Waals surface area contributed by atoms with Crippen molar-refractivity contribution in [3.63, 3.8) is 0 Å². The number of hydrogen-bond donors (Lipinski definition) is 2. The lowest BCUT2D eigenvalue weighted by molar-refractivity contribution is -0.127. The molecule has 2 aliphatic carbocycles. The van der Waals surface area contributed by atoms with Crippen molar-refractivity contribution in [1.29, 1.82) is 0 Å². The van der Waals surface area contributed by atoms with Gasteiger partial charge in [-0.3, -0.25) is 4.79 Å². The summed E-state index contributed by atoms with van der Waals surface area (Å²) in [4.78, 5) is 12.4. The van der Waals surface area contributed by atoms with E-state index in [0.29, 0.717) is 25.0 Å². The Hall–Kier alpha value is -1.10. The number of nitrogens with one attached hydrogen (secondary N) is 1. The number of nitrogens with two attached hydrogens (primary N) is 1. The second-order valence-corrected chi connectivity index (χ2v) is 6.40. The summed E-state index contributed by atoms with van der Waals surface area (Å²) in [6.07, 6.45) is 3.52. The molecule has 4 unspecified atom stereocenters. The minimum atomic E-state index is 0. The normalized spacial score (nSPS) is 29.2. The van der Waals surface area contributed by atoms with Gasteiger partial charge in [-0.05, 0) is 42.2 Å². The Kier molecular flexibility index (Phi) is 5.84. The first kappa shape index (κ1) is 17.3. The molecule has 122 valence electrons. The molecular formula is C17H25ClN2O2. The Morgan fingerprint density at radius 1 is 1.23 bits per heavy atom. The van der Waals surface area contributed by atoms with Gasteiger partial charge >= 0.3 is 0 Å². The first-order valence-electron chi connectivity index (χ1n) is 7.79. The first-order chi connectivity index (χ1) is 10.2. The second-order valence-electron chi connectivity index (χ2n) is 6.40. The van der Waals surface area contributed by atoms with Crippen LogP contribution in [-0.4, -0.2) is 19.1 Å². The summed E-state index contributed by atoms with van der Waals surface area (Å²) in [7, 11) is 1.69. The van der Waals surface area contributed by atoms with E-state index in [1.807, 2.05) is 24.3 Å². The third-order valence-corrected chi connectivity index (χ3v) is 5.08. The monoisotopic (exact) mass is 324 g/mol. The van der Waals surface area contributed by atoms with Gasteiger partial charge in [0, 0.05) is 19.7 Å². The predicted octanol–water partition coefficient (Wildman–Crippen LogP) is 2.24. The SMILES string of the molecule is COCc1ccc(CNC(=O)C2C3CCC(C3)C2N)cc1.Cl. The van der Waals surface area contributed by atoms with Gasteiger partial charge in [-0.15, -0.1) is 12.4 Å². The lowest BCUT2D eigenvalue weighted by Crippen LogP contribution is -2.45. The number of methoxy groups -OCH3 is 1. The summed E-state index contributed by atoms with van der Waals surface area (Å²) in [6, 6.07) is 8.21. The lowest BCUT2D eigenvalue weighted by Gasteiger charge is -2.27. The van der Waals surface area contributed by atoms with Gasteiger partial charge < -0.3 is 15.8 Å². The van der Waals surface area contributed by atoms with Crippen molar-refractivity contribution in [2.75, 3.05) is 7.11 Å². The Bertz CT molecular complexity index is 504. The first-order valence-corrected chi connectivity index (χ1v) is 7.79. The molecule has 1 aromatic rings. The fourth-order valence-corrected chi connectivity index (χ4v) is 3.95. The Balaban J connectivity index is 0.00000176. The molecule has 0 saturated heterocycles. The van der Waals surface area contributed by atoms with Gasteiger partial charge in [0.2, 0.25) is 5.91 Å². The van der Waals surface area contributed by atoms with Gasteiger partial charge in [0.15, 0.2) is 0 Å². The predicted molar refractivity (Wildman–Crippen MR) is 88.5 cm³/mol. The zero-order valence-corrected chi connectivity index (χ0v) is 13.8. The van der Waals surface area contributed by atoms with Crippen LogP contribution in [0.3, 0.4) is 0 Å². The van der Waals surface area contributed by atoms with Crippen LogP contribution in [-0.2, 0) is 22.7 Å². The fourth-order valence-electron chi connectivity index (χ4n) is 3.95. The van der Waals surface area contributed by atoms with Crippen LogP contribution in [0, 0.1) is 17.8 Å². The molecule has 0 spiro atoms. The topological polar surface area (TPSA) is 64.3 Å². The number of carbonyl (C=O) groups excluding carboxylic acids is 1. The van der Waals surface area contributed by atoms with E-state index in [1.165, 1.54) is 12.8 Å². The van der Waals surface area contributed by atoms with Crippen LogP contribution in [0.5, 0.6) is 0 Å². The molecule has 2 aliphatic rings. The zero-order valence-electron chi connectivity index (χ0n) is 13.0. The van der Waals surface area contributed by atoms with Crippen LogP contribution in [0.2, 0.25) is 0 Å². The van der Waals surface area contributed by atoms with E-state index in [2.05, 4.69) is 5.32 Å². The summed E-state index contributed by atoms with van der Waals surface area (Å²) in [5, 5.41) is 3.06. The van der Waals surface area contributed by atoms with Crippen LogP contribution < -0.4 is 11.1 Å². The Labute approximate surface area is 138 Å². The van der Waals surface area contributed by atoms with Crippen molar-refractivity contribution in [3.8, 4) is 0 Å². The Morgan fingerprint density at radius 2 is 1.86 bits per heavy atom. The summed E-state index contributed by atoms with van der Waals surface area (Å²) >= 11 is 0. The maximum atomic E-state index is 12.4. The fraction of sp³-hybridized carbons (Fsp3) is 0.588. The highest BCUT2D eigenvalue weighted by Crippen LogP contribution is 2.47. The minimum absolute atomic E-state index is 0. The molecule has 2 fully saturated rings. The number of fused-ring (bicyclic) bond motifs is 2. The van der Waals surface area contributed by atoms with Gasteiger partial charge in [0.1, 0.15) is 0 Å². The van der Waals surface area contributed by atoms with Gasteiger partial charge in [0.05, 0.1) is 12.5 Å². The number of ether oxygens (including phenoxy) is 1. The smallest absolute Gasteiger partial charge is 0.225 e. The highest BCUT2D eigenvalue weighted by atomic mass is 35.5. The molecule has 22 heavy (non-hydrogen) atoms. The second kappa shape index (κ2) is 7.44. The van der Waals surface area contributed by atoms with E-state index >= 15 is 0 Å². The highest BCUT2D eigenvalue weighted by molar-refractivity contribution is 5.85. The van der Waals surface area contributed by atoms with E-state index in [1.54, 1.807) is 7.11 Å². The number of halogens is 1. The van der Waals surface area contributed by atoms with Crippen LogP contribution in [0.1, 0.15) is 30.4 Å². The molecule has 2 saturated carbocycles. The molecule has 1 aromatic carbocycles. The quantitative estimate of drug-likeness (QED) is 0.873. The van der Waals surface area contributed by atoms with E-state index in [4.69, 9.17) is 10.5 Å². The molecule has 1 amide bonds. The van der Waals surface area contributed by atoms with E-state index in [9.17, 15) is 4.79 Å². The number of benzene rings is 1. The average molecular weight is 325 g/mol. The van der Waals surface area contributed by atoms with Crippen molar-refractivity contribution in [1.82, 2.24) is 5.32 Å². The van der Waals surface area contributed by atoms with E-state index < -0.39 is 0 Å². The van der Waals surface area contributed by atoms with Crippen molar-refractivity contribution in [3.05, 3.63) is 35.4 Å². The molecule has 0 radical (unpaired) electrons. The molecule has 4 atom stereocenters. The zero-order chi connectivity index (χ0) is 14.8. The van der Waals surface area contributed by atoms with Crippen LogP contribution in [0.4, 0.5) is 0 Å². The van der Waals surface area contributed by atoms with E-state index in [0.717, 1.165) is 17.5 Å². The van der Waals surface area contributed by atoms with Gasteiger partial charge in [-0.2, -0.15) is 0 Å². The standard InChI is InChI=1S/C17H24N2O2.ClH/c1-21-10-12-4-2-11(3-5-12)9-19-17(20)15-13-6-7-14(8-13)16(15)18;/h2-5,13-16H,6-10,18H2,1H3,(H,19,20);1H. The molecule has 2 bridgehead atoms. The molecule has 3 N–H and O–H groups in total. The van der Waals surface area contributed by atoms with Crippen LogP contribution in [0.15, 0.2) is 24.3 Å². The number of carbonyl (C=O) groups is 1. The third kappa shape index (κ3) is 3.45. The summed E-state index contributed by atoms with van der Waals surface area (Å²) in [5.74, 6) is 1.24. The molecule has 0 heterocycles.